The molecule has 4 heteroatoms. The number of rotatable bonds is 2. The Kier molecular flexibility index (Phi) is 3.16. The van der Waals surface area contributed by atoms with Crippen LogP contribution in [-0.2, 0) is 6.54 Å². The van der Waals surface area contributed by atoms with Gasteiger partial charge in [0.15, 0.2) is 5.76 Å². The molecular formula is C14H22N2O2. The van der Waals surface area contributed by atoms with Crippen molar-refractivity contribution in [3.8, 4) is 0 Å². The highest BCUT2D eigenvalue weighted by Gasteiger charge is 2.42. The molecule has 18 heavy (non-hydrogen) atoms. The summed E-state index contributed by atoms with van der Waals surface area (Å²) in [5.74, 6) is 1.39. The highest BCUT2D eigenvalue weighted by atomic mass is 16.5. The second kappa shape index (κ2) is 4.67. The Morgan fingerprint density at radius 1 is 1.50 bits per heavy atom. The van der Waals surface area contributed by atoms with Crippen LogP contribution in [0.5, 0.6) is 0 Å². The number of hydrogen-bond donors (Lipinski definition) is 1. The summed E-state index contributed by atoms with van der Waals surface area (Å²) in [6, 6.07) is 2.00. The smallest absolute Gasteiger partial charge is 0.150 e. The van der Waals surface area contributed by atoms with Gasteiger partial charge in [-0.1, -0.05) is 18.0 Å². The summed E-state index contributed by atoms with van der Waals surface area (Å²) in [5, 5.41) is 14.5. The maximum Gasteiger partial charge on any atom is 0.150 e. The van der Waals surface area contributed by atoms with E-state index in [1.165, 1.54) is 19.3 Å². The molecule has 0 amide bonds. The minimum atomic E-state index is -0.383. The van der Waals surface area contributed by atoms with E-state index in [-0.39, 0.29) is 5.60 Å². The first-order valence-electron chi connectivity index (χ1n) is 7.03. The van der Waals surface area contributed by atoms with Crippen LogP contribution in [0.15, 0.2) is 10.6 Å². The van der Waals surface area contributed by atoms with E-state index in [2.05, 4.69) is 10.1 Å². The van der Waals surface area contributed by atoms with Gasteiger partial charge in [-0.2, -0.15) is 0 Å². The Bertz CT molecular complexity index is 418. The zero-order valence-electron chi connectivity index (χ0n) is 11.1. The summed E-state index contributed by atoms with van der Waals surface area (Å²) in [7, 11) is 0. The quantitative estimate of drug-likeness (QED) is 0.873. The van der Waals surface area contributed by atoms with Gasteiger partial charge in [-0.15, -0.1) is 0 Å². The van der Waals surface area contributed by atoms with Crippen LogP contribution in [-0.4, -0.2) is 33.9 Å². The standard InChI is InChI=1S/C14H22N2O2/c1-11-8-13(18-15-11)10-16-7-6-14(17)5-3-2-4-12(14)9-16/h8,12,17H,2-7,9-10H2,1H3. The topological polar surface area (TPSA) is 49.5 Å². The van der Waals surface area contributed by atoms with Crippen molar-refractivity contribution in [3.63, 3.8) is 0 Å². The van der Waals surface area contributed by atoms with Crippen molar-refractivity contribution in [2.75, 3.05) is 13.1 Å². The second-order valence-corrected chi connectivity index (χ2v) is 5.97. The Hall–Kier alpha value is -0.870. The minimum Gasteiger partial charge on any atom is -0.390 e. The average molecular weight is 250 g/mol. The molecule has 2 aliphatic rings. The zero-order chi connectivity index (χ0) is 12.6. The van der Waals surface area contributed by atoms with Gasteiger partial charge in [0.2, 0.25) is 0 Å². The van der Waals surface area contributed by atoms with Crippen LogP contribution < -0.4 is 0 Å². The van der Waals surface area contributed by atoms with E-state index in [9.17, 15) is 5.11 Å². The molecule has 2 unspecified atom stereocenters. The van der Waals surface area contributed by atoms with Crippen LogP contribution in [0.3, 0.4) is 0 Å². The molecule has 1 aromatic heterocycles. The Labute approximate surface area is 108 Å². The van der Waals surface area contributed by atoms with Gasteiger partial charge in [0.1, 0.15) is 0 Å². The van der Waals surface area contributed by atoms with Crippen molar-refractivity contribution < 1.29 is 9.63 Å². The maximum absolute atomic E-state index is 10.6. The van der Waals surface area contributed by atoms with Crippen LogP contribution in [0.4, 0.5) is 0 Å². The molecule has 1 saturated heterocycles. The van der Waals surface area contributed by atoms with E-state index in [1.54, 1.807) is 0 Å². The molecule has 2 atom stereocenters. The van der Waals surface area contributed by atoms with Crippen LogP contribution in [0, 0.1) is 12.8 Å². The fourth-order valence-electron chi connectivity index (χ4n) is 3.49. The zero-order valence-corrected chi connectivity index (χ0v) is 11.1. The summed E-state index contributed by atoms with van der Waals surface area (Å²) in [5.41, 5.74) is 0.558. The predicted octanol–water partition coefficient (Wildman–Crippen LogP) is 2.11. The van der Waals surface area contributed by atoms with Crippen molar-refractivity contribution in [2.45, 2.75) is 51.2 Å². The summed E-state index contributed by atoms with van der Waals surface area (Å²) in [4.78, 5) is 2.39. The number of hydrogen-bond acceptors (Lipinski definition) is 4. The van der Waals surface area contributed by atoms with Gasteiger partial charge in [-0.25, -0.2) is 0 Å². The van der Waals surface area contributed by atoms with Crippen molar-refractivity contribution >= 4 is 0 Å². The molecule has 1 aromatic rings. The van der Waals surface area contributed by atoms with E-state index in [1.807, 2.05) is 13.0 Å². The van der Waals surface area contributed by atoms with E-state index in [0.29, 0.717) is 5.92 Å². The van der Waals surface area contributed by atoms with Gasteiger partial charge < -0.3 is 9.63 Å². The lowest BCUT2D eigenvalue weighted by molar-refractivity contribution is -0.0977. The molecule has 1 saturated carbocycles. The highest BCUT2D eigenvalue weighted by Crippen LogP contribution is 2.39. The average Bonchev–Trinajstić information content (AvgIpc) is 2.75. The first kappa shape index (κ1) is 12.2. The summed E-state index contributed by atoms with van der Waals surface area (Å²) < 4.78 is 5.27. The number of fused-ring (bicyclic) bond motifs is 1. The molecule has 100 valence electrons. The van der Waals surface area contributed by atoms with Gasteiger partial charge in [0.05, 0.1) is 17.8 Å². The SMILES string of the molecule is Cc1cc(CN2CCC3(O)CCCCC3C2)on1. The van der Waals surface area contributed by atoms with Crippen LogP contribution in [0.2, 0.25) is 0 Å². The van der Waals surface area contributed by atoms with Crippen LogP contribution in [0.1, 0.15) is 43.6 Å². The lowest BCUT2D eigenvalue weighted by atomic mass is 9.71. The molecule has 0 spiro atoms. The van der Waals surface area contributed by atoms with Gasteiger partial charge >= 0.3 is 0 Å². The van der Waals surface area contributed by atoms with E-state index in [0.717, 1.165) is 43.9 Å². The van der Waals surface area contributed by atoms with E-state index in [4.69, 9.17) is 4.52 Å². The fraction of sp³-hybridized carbons (Fsp3) is 0.786. The maximum atomic E-state index is 10.6. The molecule has 3 rings (SSSR count). The van der Waals surface area contributed by atoms with Crippen molar-refractivity contribution in [1.29, 1.82) is 0 Å². The highest BCUT2D eigenvalue weighted by molar-refractivity contribution is 5.04. The normalized spacial score (nSPS) is 33.3. The first-order chi connectivity index (χ1) is 8.66. The Balaban J connectivity index is 1.63. The minimum absolute atomic E-state index is 0.383. The number of aromatic nitrogens is 1. The van der Waals surface area contributed by atoms with Gasteiger partial charge in [0, 0.05) is 25.1 Å². The molecule has 0 radical (unpaired) electrons. The number of nitrogens with zero attached hydrogens (tertiary/aromatic N) is 2. The van der Waals surface area contributed by atoms with Gasteiger partial charge in [0.25, 0.3) is 0 Å². The largest absolute Gasteiger partial charge is 0.390 e. The number of aliphatic hydroxyl groups is 1. The van der Waals surface area contributed by atoms with Crippen LogP contribution >= 0.6 is 0 Å². The molecule has 0 bridgehead atoms. The third-order valence-corrected chi connectivity index (χ3v) is 4.57. The number of piperidine rings is 1. The van der Waals surface area contributed by atoms with Crippen molar-refractivity contribution in [1.82, 2.24) is 10.1 Å². The summed E-state index contributed by atoms with van der Waals surface area (Å²) >= 11 is 0. The first-order valence-corrected chi connectivity index (χ1v) is 7.03. The molecule has 1 aliphatic carbocycles. The molecule has 1 N–H and O–H groups in total. The summed E-state index contributed by atoms with van der Waals surface area (Å²) in [6.07, 6.45) is 5.52. The lowest BCUT2D eigenvalue weighted by Gasteiger charge is -2.47. The second-order valence-electron chi connectivity index (χ2n) is 5.97. The third-order valence-electron chi connectivity index (χ3n) is 4.57. The number of likely N-dealkylation sites (tertiary alicyclic amines) is 1. The molecular weight excluding hydrogens is 228 g/mol. The van der Waals surface area contributed by atoms with Crippen molar-refractivity contribution in [2.24, 2.45) is 5.92 Å². The molecule has 0 aromatic carbocycles. The monoisotopic (exact) mass is 250 g/mol. The van der Waals surface area contributed by atoms with Gasteiger partial charge in [-0.05, 0) is 26.2 Å². The van der Waals surface area contributed by atoms with Crippen molar-refractivity contribution in [3.05, 3.63) is 17.5 Å². The number of aryl methyl sites for hydroxylation is 1. The predicted molar refractivity (Wildman–Crippen MR) is 68.0 cm³/mol. The molecule has 4 nitrogen and oxygen atoms in total. The van der Waals surface area contributed by atoms with Crippen LogP contribution in [0.25, 0.3) is 0 Å². The Morgan fingerprint density at radius 3 is 3.17 bits per heavy atom. The van der Waals surface area contributed by atoms with E-state index >= 15 is 0 Å². The summed E-state index contributed by atoms with van der Waals surface area (Å²) in [6.45, 7) is 4.74. The molecule has 1 aliphatic heterocycles. The Morgan fingerprint density at radius 2 is 2.39 bits per heavy atom. The molecule has 2 heterocycles. The lowest BCUT2D eigenvalue weighted by Crippen LogP contribution is -2.52. The fourth-order valence-corrected chi connectivity index (χ4v) is 3.49. The van der Waals surface area contributed by atoms with E-state index < -0.39 is 0 Å². The van der Waals surface area contributed by atoms with Gasteiger partial charge in [-0.3, -0.25) is 4.90 Å². The third kappa shape index (κ3) is 2.31. The molecule has 2 fully saturated rings.